The Morgan fingerprint density at radius 1 is 1.45 bits per heavy atom. The first-order valence-electron chi connectivity index (χ1n) is 4.71. The molecule has 2 unspecified atom stereocenters. The van der Waals surface area contributed by atoms with Crippen LogP contribution in [0.2, 0.25) is 0 Å². The summed E-state index contributed by atoms with van der Waals surface area (Å²) in [6.45, 7) is 10.4. The molecule has 0 spiro atoms. The molecule has 0 aromatic carbocycles. The molecule has 11 heavy (non-hydrogen) atoms. The minimum absolute atomic E-state index is 0.667. The first-order valence-corrected chi connectivity index (χ1v) is 4.71. The standard InChI is InChI=1S/C9H20N2/c1-4-11-7-8(2)10-6-5-9(11)3/h8-10H,4-7H2,1-3H3. The molecule has 1 heterocycles. The Kier molecular flexibility index (Phi) is 3.34. The Morgan fingerprint density at radius 3 is 2.82 bits per heavy atom. The molecular formula is C9H20N2. The summed E-state index contributed by atoms with van der Waals surface area (Å²) in [5.74, 6) is 0. The smallest absolute Gasteiger partial charge is 0.0166 e. The van der Waals surface area contributed by atoms with E-state index in [1.165, 1.54) is 26.1 Å². The van der Waals surface area contributed by atoms with Crippen LogP contribution in [0.3, 0.4) is 0 Å². The van der Waals surface area contributed by atoms with E-state index in [0.29, 0.717) is 6.04 Å². The van der Waals surface area contributed by atoms with Crippen LogP contribution in [0.5, 0.6) is 0 Å². The highest BCUT2D eigenvalue weighted by Gasteiger charge is 2.17. The quantitative estimate of drug-likeness (QED) is 0.611. The van der Waals surface area contributed by atoms with Crippen LogP contribution in [0.25, 0.3) is 0 Å². The van der Waals surface area contributed by atoms with Gasteiger partial charge in [0.1, 0.15) is 0 Å². The minimum Gasteiger partial charge on any atom is -0.313 e. The van der Waals surface area contributed by atoms with Gasteiger partial charge in [0.25, 0.3) is 0 Å². The number of likely N-dealkylation sites (N-methyl/N-ethyl adjacent to an activating group) is 1. The Balaban J connectivity index is 2.45. The third-order valence-electron chi connectivity index (χ3n) is 2.59. The van der Waals surface area contributed by atoms with E-state index < -0.39 is 0 Å². The molecule has 0 amide bonds. The van der Waals surface area contributed by atoms with Crippen molar-refractivity contribution in [3.05, 3.63) is 0 Å². The highest BCUT2D eigenvalue weighted by atomic mass is 15.2. The lowest BCUT2D eigenvalue weighted by Crippen LogP contribution is -2.38. The maximum absolute atomic E-state index is 3.50. The summed E-state index contributed by atoms with van der Waals surface area (Å²) in [7, 11) is 0. The summed E-state index contributed by atoms with van der Waals surface area (Å²) in [4.78, 5) is 2.55. The van der Waals surface area contributed by atoms with E-state index in [-0.39, 0.29) is 0 Å². The van der Waals surface area contributed by atoms with E-state index in [2.05, 4.69) is 31.0 Å². The average Bonchev–Trinajstić information content (AvgIpc) is 2.13. The second-order valence-electron chi connectivity index (χ2n) is 3.58. The lowest BCUT2D eigenvalue weighted by molar-refractivity contribution is 0.219. The molecule has 2 atom stereocenters. The van der Waals surface area contributed by atoms with E-state index in [1.54, 1.807) is 0 Å². The first-order chi connectivity index (χ1) is 5.24. The predicted octanol–water partition coefficient (Wildman–Crippen LogP) is 1.08. The van der Waals surface area contributed by atoms with Crippen LogP contribution in [0, 0.1) is 0 Å². The largest absolute Gasteiger partial charge is 0.313 e. The fourth-order valence-electron chi connectivity index (χ4n) is 1.76. The van der Waals surface area contributed by atoms with Crippen LogP contribution in [-0.2, 0) is 0 Å². The van der Waals surface area contributed by atoms with Crippen molar-refractivity contribution in [1.29, 1.82) is 0 Å². The molecule has 2 nitrogen and oxygen atoms in total. The van der Waals surface area contributed by atoms with Crippen molar-refractivity contribution in [2.75, 3.05) is 19.6 Å². The molecular weight excluding hydrogens is 136 g/mol. The summed E-state index contributed by atoms with van der Waals surface area (Å²) in [6.07, 6.45) is 1.29. The van der Waals surface area contributed by atoms with Gasteiger partial charge in [0.05, 0.1) is 0 Å². The number of nitrogens with zero attached hydrogens (tertiary/aromatic N) is 1. The van der Waals surface area contributed by atoms with Gasteiger partial charge in [-0.25, -0.2) is 0 Å². The van der Waals surface area contributed by atoms with E-state index >= 15 is 0 Å². The summed E-state index contributed by atoms with van der Waals surface area (Å²) in [5, 5.41) is 3.50. The molecule has 0 radical (unpaired) electrons. The maximum Gasteiger partial charge on any atom is 0.0166 e. The van der Waals surface area contributed by atoms with Gasteiger partial charge in [-0.05, 0) is 33.4 Å². The summed E-state index contributed by atoms with van der Waals surface area (Å²) in [6, 6.07) is 1.43. The van der Waals surface area contributed by atoms with Gasteiger partial charge in [0.2, 0.25) is 0 Å². The Labute approximate surface area is 70.0 Å². The highest BCUT2D eigenvalue weighted by molar-refractivity contribution is 4.77. The van der Waals surface area contributed by atoms with Gasteiger partial charge in [-0.3, -0.25) is 4.90 Å². The molecule has 1 aliphatic heterocycles. The van der Waals surface area contributed by atoms with Crippen molar-refractivity contribution >= 4 is 0 Å². The van der Waals surface area contributed by atoms with Crippen molar-refractivity contribution in [3.8, 4) is 0 Å². The van der Waals surface area contributed by atoms with Crippen molar-refractivity contribution in [2.24, 2.45) is 0 Å². The Bertz CT molecular complexity index is 114. The van der Waals surface area contributed by atoms with Crippen LogP contribution in [0.1, 0.15) is 27.2 Å². The van der Waals surface area contributed by atoms with Gasteiger partial charge in [-0.2, -0.15) is 0 Å². The zero-order valence-electron chi connectivity index (χ0n) is 7.93. The minimum atomic E-state index is 0.667. The zero-order chi connectivity index (χ0) is 8.27. The molecule has 1 fully saturated rings. The van der Waals surface area contributed by atoms with Crippen molar-refractivity contribution in [3.63, 3.8) is 0 Å². The lowest BCUT2D eigenvalue weighted by Gasteiger charge is -2.26. The SMILES string of the molecule is CCN1CC(C)NCCC1C. The third-order valence-corrected chi connectivity index (χ3v) is 2.59. The Morgan fingerprint density at radius 2 is 2.18 bits per heavy atom. The Hall–Kier alpha value is -0.0800. The second kappa shape index (κ2) is 4.07. The molecule has 1 aliphatic rings. The van der Waals surface area contributed by atoms with Crippen LogP contribution >= 0.6 is 0 Å². The van der Waals surface area contributed by atoms with E-state index in [9.17, 15) is 0 Å². The van der Waals surface area contributed by atoms with Crippen LogP contribution in [-0.4, -0.2) is 36.6 Å². The molecule has 0 saturated carbocycles. The fraction of sp³-hybridized carbons (Fsp3) is 1.00. The van der Waals surface area contributed by atoms with Crippen LogP contribution in [0.15, 0.2) is 0 Å². The average molecular weight is 156 g/mol. The molecule has 0 aromatic rings. The van der Waals surface area contributed by atoms with Crippen molar-refractivity contribution in [2.45, 2.75) is 39.3 Å². The van der Waals surface area contributed by atoms with Gasteiger partial charge in [0, 0.05) is 18.6 Å². The number of nitrogens with one attached hydrogen (secondary N) is 1. The fourth-order valence-corrected chi connectivity index (χ4v) is 1.76. The van der Waals surface area contributed by atoms with Gasteiger partial charge < -0.3 is 5.32 Å². The lowest BCUT2D eigenvalue weighted by atomic mass is 10.2. The number of hydrogen-bond donors (Lipinski definition) is 1. The molecule has 1 saturated heterocycles. The van der Waals surface area contributed by atoms with E-state index in [4.69, 9.17) is 0 Å². The second-order valence-corrected chi connectivity index (χ2v) is 3.58. The van der Waals surface area contributed by atoms with Gasteiger partial charge in [0.15, 0.2) is 0 Å². The van der Waals surface area contributed by atoms with Gasteiger partial charge >= 0.3 is 0 Å². The third kappa shape index (κ3) is 2.46. The first kappa shape index (κ1) is 9.01. The van der Waals surface area contributed by atoms with E-state index in [0.717, 1.165) is 6.04 Å². The monoisotopic (exact) mass is 156 g/mol. The van der Waals surface area contributed by atoms with Gasteiger partial charge in [-0.1, -0.05) is 6.92 Å². The normalized spacial score (nSPS) is 35.2. The van der Waals surface area contributed by atoms with Crippen molar-refractivity contribution in [1.82, 2.24) is 10.2 Å². The van der Waals surface area contributed by atoms with E-state index in [1.807, 2.05) is 0 Å². The molecule has 1 N–H and O–H groups in total. The molecule has 2 heteroatoms. The molecule has 0 bridgehead atoms. The van der Waals surface area contributed by atoms with Crippen molar-refractivity contribution < 1.29 is 0 Å². The molecule has 66 valence electrons. The summed E-state index contributed by atoms with van der Waals surface area (Å²) < 4.78 is 0. The predicted molar refractivity (Wildman–Crippen MR) is 48.8 cm³/mol. The number of hydrogen-bond acceptors (Lipinski definition) is 2. The summed E-state index contributed by atoms with van der Waals surface area (Å²) >= 11 is 0. The topological polar surface area (TPSA) is 15.3 Å². The molecule has 1 rings (SSSR count). The van der Waals surface area contributed by atoms with Crippen LogP contribution < -0.4 is 5.32 Å². The number of rotatable bonds is 1. The molecule has 0 aromatic heterocycles. The highest BCUT2D eigenvalue weighted by Crippen LogP contribution is 2.07. The maximum atomic E-state index is 3.50. The summed E-state index contributed by atoms with van der Waals surface area (Å²) in [5.41, 5.74) is 0. The molecule has 0 aliphatic carbocycles. The van der Waals surface area contributed by atoms with Gasteiger partial charge in [-0.15, -0.1) is 0 Å². The zero-order valence-corrected chi connectivity index (χ0v) is 7.93. The van der Waals surface area contributed by atoms with Crippen LogP contribution in [0.4, 0.5) is 0 Å².